The second kappa shape index (κ2) is 11.5. The van der Waals surface area contributed by atoms with Crippen molar-refractivity contribution in [2.75, 3.05) is 6.61 Å². The van der Waals surface area contributed by atoms with Gasteiger partial charge in [-0.15, -0.1) is 12.4 Å². The molecule has 1 unspecified atom stereocenters. The molecule has 0 saturated heterocycles. The van der Waals surface area contributed by atoms with Gasteiger partial charge in [0.2, 0.25) is 0 Å². The molecule has 0 fully saturated rings. The Balaban J connectivity index is 0.00000320. The summed E-state index contributed by atoms with van der Waals surface area (Å²) in [4.78, 5) is 17.0. The van der Waals surface area contributed by atoms with E-state index in [0.717, 1.165) is 11.4 Å². The second-order valence-electron chi connectivity index (χ2n) is 7.46. The molecule has 1 N–H and O–H groups in total. The number of aryl methyl sites for hydroxylation is 1. The summed E-state index contributed by atoms with van der Waals surface area (Å²) in [5.74, 6) is 1.76. The lowest BCUT2D eigenvalue weighted by Crippen LogP contribution is -2.25. The minimum absolute atomic E-state index is 0. The molecule has 1 aromatic heterocycles. The summed E-state index contributed by atoms with van der Waals surface area (Å²) in [7, 11) is 0. The van der Waals surface area contributed by atoms with Gasteiger partial charge in [0.05, 0.1) is 12.1 Å². The maximum Gasteiger partial charge on any atom is 0.166 e. The maximum atomic E-state index is 12.7. The van der Waals surface area contributed by atoms with Crippen LogP contribution >= 0.6 is 12.4 Å². The van der Waals surface area contributed by atoms with Crippen molar-refractivity contribution in [1.82, 2.24) is 9.55 Å². The molecule has 1 atom stereocenters. The number of para-hydroxylation sites is 1. The monoisotopic (exact) mass is 428 g/mol. The molecule has 30 heavy (non-hydrogen) atoms. The third kappa shape index (κ3) is 6.44. The predicted molar refractivity (Wildman–Crippen MR) is 121 cm³/mol. The Hall–Kier alpha value is -2.63. The van der Waals surface area contributed by atoms with E-state index >= 15 is 0 Å². The lowest BCUT2D eigenvalue weighted by atomic mass is 10.0. The SMILES string of the molecule is CC(C)c1nccn1CC(O)COc1ccccc1C(=O)CCc1ccccc1.Cl. The fourth-order valence-electron chi connectivity index (χ4n) is 3.30. The van der Waals surface area contributed by atoms with Crippen LogP contribution in [0.4, 0.5) is 0 Å². The molecule has 5 nitrogen and oxygen atoms in total. The van der Waals surface area contributed by atoms with E-state index in [1.54, 1.807) is 18.3 Å². The Morgan fingerprint density at radius 1 is 1.10 bits per heavy atom. The molecule has 0 bridgehead atoms. The number of aliphatic hydroxyl groups excluding tert-OH is 1. The molecule has 2 aromatic carbocycles. The summed E-state index contributed by atoms with van der Waals surface area (Å²) >= 11 is 0. The molecule has 3 rings (SSSR count). The summed E-state index contributed by atoms with van der Waals surface area (Å²) in [6, 6.07) is 17.2. The Labute approximate surface area is 184 Å². The fourth-order valence-corrected chi connectivity index (χ4v) is 3.30. The summed E-state index contributed by atoms with van der Waals surface area (Å²) in [6.07, 6.45) is 4.01. The normalized spacial score (nSPS) is 11.7. The zero-order valence-corrected chi connectivity index (χ0v) is 18.2. The minimum Gasteiger partial charge on any atom is -0.490 e. The van der Waals surface area contributed by atoms with Crippen LogP contribution in [0.3, 0.4) is 0 Å². The number of hydrogen-bond acceptors (Lipinski definition) is 4. The van der Waals surface area contributed by atoms with Crippen LogP contribution in [0.2, 0.25) is 0 Å². The van der Waals surface area contributed by atoms with Crippen LogP contribution in [-0.2, 0) is 13.0 Å². The van der Waals surface area contributed by atoms with Crippen LogP contribution in [0.1, 0.15) is 47.9 Å². The van der Waals surface area contributed by atoms with Crippen molar-refractivity contribution < 1.29 is 14.6 Å². The number of carbonyl (C=O) groups excluding carboxylic acids is 1. The smallest absolute Gasteiger partial charge is 0.166 e. The van der Waals surface area contributed by atoms with E-state index in [4.69, 9.17) is 4.74 Å². The van der Waals surface area contributed by atoms with Crippen molar-refractivity contribution in [3.63, 3.8) is 0 Å². The predicted octanol–water partition coefficient (Wildman–Crippen LogP) is 4.68. The van der Waals surface area contributed by atoms with Crippen molar-refractivity contribution in [3.05, 3.63) is 83.9 Å². The highest BCUT2D eigenvalue weighted by Crippen LogP contribution is 2.21. The molecule has 0 amide bonds. The van der Waals surface area contributed by atoms with Gasteiger partial charge in [-0.25, -0.2) is 4.98 Å². The van der Waals surface area contributed by atoms with E-state index in [9.17, 15) is 9.90 Å². The number of ketones is 1. The van der Waals surface area contributed by atoms with Crippen molar-refractivity contribution in [1.29, 1.82) is 0 Å². The van der Waals surface area contributed by atoms with Crippen molar-refractivity contribution in [2.24, 2.45) is 0 Å². The van der Waals surface area contributed by atoms with Crippen LogP contribution in [0.15, 0.2) is 67.0 Å². The zero-order valence-electron chi connectivity index (χ0n) is 17.4. The average molecular weight is 429 g/mol. The number of hydrogen-bond donors (Lipinski definition) is 1. The first-order valence-corrected chi connectivity index (χ1v) is 10.0. The molecule has 0 radical (unpaired) electrons. The summed E-state index contributed by atoms with van der Waals surface area (Å²) in [6.45, 7) is 4.65. The number of halogens is 1. The molecule has 3 aromatic rings. The number of ether oxygens (including phenoxy) is 1. The summed E-state index contributed by atoms with van der Waals surface area (Å²) < 4.78 is 7.76. The molecule has 0 aliphatic carbocycles. The highest BCUT2D eigenvalue weighted by molar-refractivity contribution is 5.98. The largest absolute Gasteiger partial charge is 0.490 e. The van der Waals surface area contributed by atoms with Crippen LogP contribution in [0.5, 0.6) is 5.75 Å². The third-order valence-electron chi connectivity index (χ3n) is 4.77. The van der Waals surface area contributed by atoms with Gasteiger partial charge in [-0.05, 0) is 24.1 Å². The van der Waals surface area contributed by atoms with Crippen molar-refractivity contribution >= 4 is 18.2 Å². The first kappa shape index (κ1) is 23.6. The van der Waals surface area contributed by atoms with Gasteiger partial charge in [0.25, 0.3) is 0 Å². The van der Waals surface area contributed by atoms with E-state index < -0.39 is 6.10 Å². The Morgan fingerprint density at radius 3 is 2.53 bits per heavy atom. The van der Waals surface area contributed by atoms with Crippen molar-refractivity contribution in [2.45, 2.75) is 45.3 Å². The molecule has 0 aliphatic rings. The zero-order chi connectivity index (χ0) is 20.6. The Morgan fingerprint density at radius 2 is 1.80 bits per heavy atom. The number of aromatic nitrogens is 2. The molecule has 0 spiro atoms. The van der Waals surface area contributed by atoms with Crippen LogP contribution in [0.25, 0.3) is 0 Å². The summed E-state index contributed by atoms with van der Waals surface area (Å²) in [5, 5.41) is 10.4. The number of carbonyl (C=O) groups is 1. The molecular formula is C24H29ClN2O3. The van der Waals surface area contributed by atoms with Gasteiger partial charge in [0, 0.05) is 24.7 Å². The van der Waals surface area contributed by atoms with Crippen LogP contribution in [-0.4, -0.2) is 33.2 Å². The maximum absolute atomic E-state index is 12.7. The van der Waals surface area contributed by atoms with Gasteiger partial charge in [-0.1, -0.05) is 56.3 Å². The number of imidazole rings is 1. The molecule has 1 heterocycles. The Kier molecular flexibility index (Phi) is 9.09. The van der Waals surface area contributed by atoms with Gasteiger partial charge in [0.1, 0.15) is 24.3 Å². The first-order valence-electron chi connectivity index (χ1n) is 10.0. The number of benzene rings is 2. The molecular weight excluding hydrogens is 400 g/mol. The van der Waals surface area contributed by atoms with Crippen molar-refractivity contribution in [3.8, 4) is 5.75 Å². The standard InChI is InChI=1S/C24H28N2O3.ClH/c1-18(2)24-25-14-15-26(24)16-20(27)17-29-23-11-7-6-10-21(23)22(28)13-12-19-8-4-3-5-9-19;/h3-11,14-15,18,20,27H,12-13,16-17H2,1-2H3;1H. The third-order valence-corrected chi connectivity index (χ3v) is 4.77. The number of Topliss-reactive ketones (excluding diaryl/α,β-unsaturated/α-hetero) is 1. The van der Waals surface area contributed by atoms with E-state index in [1.807, 2.05) is 53.2 Å². The fraction of sp³-hybridized carbons (Fsp3) is 0.333. The second-order valence-corrected chi connectivity index (χ2v) is 7.46. The van der Waals surface area contributed by atoms with Gasteiger partial charge in [-0.2, -0.15) is 0 Å². The van der Waals surface area contributed by atoms with Gasteiger partial charge >= 0.3 is 0 Å². The molecule has 0 aliphatic heterocycles. The highest BCUT2D eigenvalue weighted by Gasteiger charge is 2.15. The topological polar surface area (TPSA) is 64.3 Å². The summed E-state index contributed by atoms with van der Waals surface area (Å²) in [5.41, 5.74) is 1.69. The van der Waals surface area contributed by atoms with Gasteiger partial charge < -0.3 is 14.4 Å². The van der Waals surface area contributed by atoms with Gasteiger partial charge in [0.15, 0.2) is 5.78 Å². The first-order chi connectivity index (χ1) is 14.0. The minimum atomic E-state index is -0.700. The number of nitrogens with zero attached hydrogens (tertiary/aromatic N) is 2. The molecule has 160 valence electrons. The van der Waals surface area contributed by atoms with Crippen LogP contribution < -0.4 is 4.74 Å². The van der Waals surface area contributed by atoms with Crippen LogP contribution in [0, 0.1) is 0 Å². The van der Waals surface area contributed by atoms with E-state index in [-0.39, 0.29) is 30.7 Å². The quantitative estimate of drug-likeness (QED) is 0.476. The highest BCUT2D eigenvalue weighted by atomic mass is 35.5. The number of rotatable bonds is 10. The number of aliphatic hydroxyl groups is 1. The van der Waals surface area contributed by atoms with E-state index in [2.05, 4.69) is 18.8 Å². The Bertz CT molecular complexity index is 925. The van der Waals surface area contributed by atoms with E-state index in [1.165, 1.54) is 0 Å². The van der Waals surface area contributed by atoms with E-state index in [0.29, 0.717) is 30.7 Å². The van der Waals surface area contributed by atoms with Gasteiger partial charge in [-0.3, -0.25) is 4.79 Å². The molecule has 0 saturated carbocycles. The average Bonchev–Trinajstić information content (AvgIpc) is 3.20. The molecule has 6 heteroatoms. The lowest BCUT2D eigenvalue weighted by molar-refractivity contribution is 0.0882. The lowest BCUT2D eigenvalue weighted by Gasteiger charge is -2.17.